The van der Waals surface area contributed by atoms with Gasteiger partial charge in [0.25, 0.3) is 0 Å². The van der Waals surface area contributed by atoms with Gasteiger partial charge in [0.05, 0.1) is 0 Å². The number of rotatable bonds is 3. The minimum absolute atomic E-state index is 0.116. The lowest BCUT2D eigenvalue weighted by Crippen LogP contribution is -2.12. The van der Waals surface area contributed by atoms with Gasteiger partial charge in [-0.05, 0) is 24.3 Å². The highest BCUT2D eigenvalue weighted by atomic mass is 32.2. The SMILES string of the molecule is NC(=NO)c1ccc(Sc2ccncc2)cc1. The summed E-state index contributed by atoms with van der Waals surface area (Å²) in [5.74, 6) is 0.116. The number of aromatic nitrogens is 1. The first-order valence-electron chi connectivity index (χ1n) is 4.95. The molecule has 1 aromatic heterocycles. The summed E-state index contributed by atoms with van der Waals surface area (Å²) in [7, 11) is 0. The zero-order chi connectivity index (χ0) is 12.1. The second kappa shape index (κ2) is 5.36. The topological polar surface area (TPSA) is 71.5 Å². The average molecular weight is 245 g/mol. The fourth-order valence-corrected chi connectivity index (χ4v) is 2.10. The van der Waals surface area contributed by atoms with Gasteiger partial charge in [0.1, 0.15) is 0 Å². The molecule has 0 saturated heterocycles. The van der Waals surface area contributed by atoms with E-state index in [0.29, 0.717) is 5.56 Å². The van der Waals surface area contributed by atoms with E-state index < -0.39 is 0 Å². The largest absolute Gasteiger partial charge is 0.409 e. The molecule has 2 rings (SSSR count). The minimum Gasteiger partial charge on any atom is -0.409 e. The second-order valence-electron chi connectivity index (χ2n) is 3.29. The van der Waals surface area contributed by atoms with Crippen molar-refractivity contribution in [1.82, 2.24) is 4.98 Å². The Bertz CT molecular complexity index is 511. The van der Waals surface area contributed by atoms with Gasteiger partial charge in [-0.25, -0.2) is 0 Å². The molecule has 0 amide bonds. The standard InChI is InChI=1S/C12H11N3OS/c13-12(15-16)9-1-3-10(4-2-9)17-11-5-7-14-8-6-11/h1-8,16H,(H2,13,15). The van der Waals surface area contributed by atoms with E-state index in [4.69, 9.17) is 10.9 Å². The molecule has 0 aliphatic carbocycles. The minimum atomic E-state index is 0.116. The predicted octanol–water partition coefficient (Wildman–Crippen LogP) is 2.33. The zero-order valence-electron chi connectivity index (χ0n) is 8.95. The normalized spacial score (nSPS) is 11.4. The number of amidine groups is 1. The summed E-state index contributed by atoms with van der Waals surface area (Å²) in [6.45, 7) is 0. The van der Waals surface area contributed by atoms with E-state index in [-0.39, 0.29) is 5.84 Å². The van der Waals surface area contributed by atoms with Crippen LogP contribution in [0.4, 0.5) is 0 Å². The summed E-state index contributed by atoms with van der Waals surface area (Å²) in [4.78, 5) is 6.17. The Balaban J connectivity index is 2.14. The lowest BCUT2D eigenvalue weighted by molar-refractivity contribution is 0.318. The summed E-state index contributed by atoms with van der Waals surface area (Å²) in [6, 6.07) is 11.4. The molecule has 4 nitrogen and oxygen atoms in total. The van der Waals surface area contributed by atoms with Crippen molar-refractivity contribution >= 4 is 17.6 Å². The van der Waals surface area contributed by atoms with Crippen molar-refractivity contribution in [1.29, 1.82) is 0 Å². The first-order valence-corrected chi connectivity index (χ1v) is 5.77. The third kappa shape index (κ3) is 2.98. The Labute approximate surface area is 103 Å². The van der Waals surface area contributed by atoms with Gasteiger partial charge in [-0.3, -0.25) is 4.98 Å². The molecule has 0 aliphatic heterocycles. The van der Waals surface area contributed by atoms with Crippen LogP contribution in [0.2, 0.25) is 0 Å². The van der Waals surface area contributed by atoms with Crippen LogP contribution in [0.1, 0.15) is 5.56 Å². The Morgan fingerprint density at radius 1 is 1.06 bits per heavy atom. The molecule has 0 saturated carbocycles. The summed E-state index contributed by atoms with van der Waals surface area (Å²) >= 11 is 1.63. The third-order valence-electron chi connectivity index (χ3n) is 2.14. The number of hydrogen-bond donors (Lipinski definition) is 2. The molecule has 0 unspecified atom stereocenters. The highest BCUT2D eigenvalue weighted by Gasteiger charge is 2.00. The van der Waals surface area contributed by atoms with E-state index in [1.807, 2.05) is 36.4 Å². The molecule has 0 bridgehead atoms. The molecule has 2 aromatic rings. The summed E-state index contributed by atoms with van der Waals surface area (Å²) < 4.78 is 0. The van der Waals surface area contributed by atoms with Gasteiger partial charge in [-0.15, -0.1) is 0 Å². The van der Waals surface area contributed by atoms with Gasteiger partial charge < -0.3 is 10.9 Å². The molecule has 1 aromatic carbocycles. The molecular formula is C12H11N3OS. The second-order valence-corrected chi connectivity index (χ2v) is 4.44. The highest BCUT2D eigenvalue weighted by molar-refractivity contribution is 7.99. The van der Waals surface area contributed by atoms with E-state index in [2.05, 4.69) is 10.1 Å². The van der Waals surface area contributed by atoms with E-state index in [0.717, 1.165) is 9.79 Å². The zero-order valence-corrected chi connectivity index (χ0v) is 9.76. The van der Waals surface area contributed by atoms with Crippen molar-refractivity contribution in [2.75, 3.05) is 0 Å². The van der Waals surface area contributed by atoms with Crippen LogP contribution in [0.5, 0.6) is 0 Å². The first kappa shape index (κ1) is 11.5. The maximum Gasteiger partial charge on any atom is 0.170 e. The molecule has 0 atom stereocenters. The monoisotopic (exact) mass is 245 g/mol. The molecule has 86 valence electrons. The van der Waals surface area contributed by atoms with Crippen LogP contribution < -0.4 is 5.73 Å². The van der Waals surface area contributed by atoms with E-state index in [9.17, 15) is 0 Å². The molecule has 0 radical (unpaired) electrons. The lowest BCUT2D eigenvalue weighted by atomic mass is 10.2. The van der Waals surface area contributed by atoms with Gasteiger partial charge >= 0.3 is 0 Å². The summed E-state index contributed by atoms with van der Waals surface area (Å²) in [6.07, 6.45) is 3.51. The number of nitrogens with two attached hydrogens (primary N) is 1. The van der Waals surface area contributed by atoms with Gasteiger partial charge in [-0.2, -0.15) is 0 Å². The van der Waals surface area contributed by atoms with Crippen LogP contribution in [-0.2, 0) is 0 Å². The third-order valence-corrected chi connectivity index (χ3v) is 3.16. The predicted molar refractivity (Wildman–Crippen MR) is 67.3 cm³/mol. The van der Waals surface area contributed by atoms with Crippen LogP contribution in [-0.4, -0.2) is 16.0 Å². The van der Waals surface area contributed by atoms with Gasteiger partial charge in [0.15, 0.2) is 5.84 Å². The van der Waals surface area contributed by atoms with Crippen molar-refractivity contribution in [2.24, 2.45) is 10.9 Å². The molecule has 17 heavy (non-hydrogen) atoms. The molecule has 5 heteroatoms. The Kier molecular flexibility index (Phi) is 3.62. The number of pyridine rings is 1. The molecule has 3 N–H and O–H groups in total. The fraction of sp³-hybridized carbons (Fsp3) is 0. The number of benzene rings is 1. The Morgan fingerprint density at radius 2 is 1.65 bits per heavy atom. The van der Waals surface area contributed by atoms with E-state index in [1.54, 1.807) is 24.2 Å². The van der Waals surface area contributed by atoms with Crippen LogP contribution >= 0.6 is 11.8 Å². The van der Waals surface area contributed by atoms with Gasteiger partial charge in [-0.1, -0.05) is 29.1 Å². The van der Waals surface area contributed by atoms with Crippen molar-refractivity contribution in [3.8, 4) is 0 Å². The number of oxime groups is 1. The maximum absolute atomic E-state index is 8.54. The molecule has 0 spiro atoms. The highest BCUT2D eigenvalue weighted by Crippen LogP contribution is 2.26. The molecular weight excluding hydrogens is 234 g/mol. The van der Waals surface area contributed by atoms with Crippen molar-refractivity contribution in [3.05, 3.63) is 54.4 Å². The summed E-state index contributed by atoms with van der Waals surface area (Å²) in [5, 5.41) is 11.5. The number of nitrogens with zero attached hydrogens (tertiary/aromatic N) is 2. The fourth-order valence-electron chi connectivity index (χ4n) is 1.29. The smallest absolute Gasteiger partial charge is 0.170 e. The van der Waals surface area contributed by atoms with Crippen molar-refractivity contribution < 1.29 is 5.21 Å². The van der Waals surface area contributed by atoms with Crippen LogP contribution in [0.15, 0.2) is 63.7 Å². The van der Waals surface area contributed by atoms with Crippen molar-refractivity contribution in [2.45, 2.75) is 9.79 Å². The molecule has 0 fully saturated rings. The maximum atomic E-state index is 8.54. The Hall–Kier alpha value is -2.01. The Morgan fingerprint density at radius 3 is 2.24 bits per heavy atom. The molecule has 0 aliphatic rings. The van der Waals surface area contributed by atoms with E-state index in [1.165, 1.54) is 0 Å². The molecule has 1 heterocycles. The summed E-state index contributed by atoms with van der Waals surface area (Å²) in [5.41, 5.74) is 6.18. The van der Waals surface area contributed by atoms with Gasteiger partial charge in [0.2, 0.25) is 0 Å². The van der Waals surface area contributed by atoms with Crippen molar-refractivity contribution in [3.63, 3.8) is 0 Å². The number of hydrogen-bond acceptors (Lipinski definition) is 4. The average Bonchev–Trinajstić information content (AvgIpc) is 2.40. The first-order chi connectivity index (χ1) is 8.29. The van der Waals surface area contributed by atoms with Crippen LogP contribution in [0, 0.1) is 0 Å². The van der Waals surface area contributed by atoms with Gasteiger partial charge in [0, 0.05) is 27.7 Å². The van der Waals surface area contributed by atoms with Crippen LogP contribution in [0.3, 0.4) is 0 Å². The van der Waals surface area contributed by atoms with E-state index >= 15 is 0 Å². The van der Waals surface area contributed by atoms with Crippen LogP contribution in [0.25, 0.3) is 0 Å². The lowest BCUT2D eigenvalue weighted by Gasteiger charge is -2.02. The quantitative estimate of drug-likeness (QED) is 0.377.